The van der Waals surface area contributed by atoms with Gasteiger partial charge in [-0.15, -0.1) is 0 Å². The van der Waals surface area contributed by atoms with E-state index in [1.54, 1.807) is 26.8 Å². The summed E-state index contributed by atoms with van der Waals surface area (Å²) in [6.45, 7) is 4.14. The van der Waals surface area contributed by atoms with Crippen LogP contribution in [0, 0.1) is 10.1 Å². The third kappa shape index (κ3) is 5.21. The largest absolute Gasteiger partial charge is 0.480 e. The van der Waals surface area contributed by atoms with Gasteiger partial charge in [0.15, 0.2) is 11.5 Å². The molecule has 0 fully saturated rings. The molecule has 0 saturated heterocycles. The fourth-order valence-electron chi connectivity index (χ4n) is 2.12. The van der Waals surface area contributed by atoms with E-state index in [0.29, 0.717) is 5.39 Å². The minimum atomic E-state index is -1.51. The Hall–Kier alpha value is -3.56. The summed E-state index contributed by atoms with van der Waals surface area (Å²) < 4.78 is 10.2. The van der Waals surface area contributed by atoms with E-state index in [2.05, 4.69) is 9.98 Å². The normalized spacial score (nSPS) is 11.9. The van der Waals surface area contributed by atoms with Crippen LogP contribution in [0.4, 0.5) is 10.5 Å². The van der Waals surface area contributed by atoms with E-state index in [-0.39, 0.29) is 16.8 Å². The molecule has 0 radical (unpaired) electrons. The molecule has 27 heavy (non-hydrogen) atoms. The molecule has 1 aromatic heterocycles. The number of hydrogen-bond acceptors (Lipinski definition) is 7. The van der Waals surface area contributed by atoms with Gasteiger partial charge in [0.2, 0.25) is 0 Å². The Labute approximate surface area is 153 Å². The molecule has 10 nitrogen and oxygen atoms in total. The molecule has 0 aliphatic carbocycles. The maximum atomic E-state index is 11.7. The van der Waals surface area contributed by atoms with Crippen LogP contribution >= 0.6 is 0 Å². The number of carboxylic acids is 1. The lowest BCUT2D eigenvalue weighted by atomic mass is 10.1. The van der Waals surface area contributed by atoms with E-state index >= 15 is 0 Å². The topological polar surface area (TPSA) is 141 Å². The first-order chi connectivity index (χ1) is 12.6. The highest BCUT2D eigenvalue weighted by atomic mass is 16.6. The molecule has 0 aliphatic heterocycles. The summed E-state index contributed by atoms with van der Waals surface area (Å²) in [5.74, 6) is -1.66. The second-order valence-electron chi connectivity index (χ2n) is 6.40. The quantitative estimate of drug-likeness (QED) is 0.477. The Morgan fingerprint density at radius 3 is 2.59 bits per heavy atom. The van der Waals surface area contributed by atoms with Crippen molar-refractivity contribution in [2.45, 2.75) is 26.4 Å². The van der Waals surface area contributed by atoms with Gasteiger partial charge < -0.3 is 14.6 Å². The smallest absolute Gasteiger partial charge is 0.434 e. The molecule has 1 amide bonds. The minimum absolute atomic E-state index is 0.156. The molecule has 0 aliphatic rings. The first-order valence-corrected chi connectivity index (χ1v) is 7.76. The number of carbonyl (C=O) groups is 2. The van der Waals surface area contributed by atoms with Crippen LogP contribution in [0.3, 0.4) is 0 Å². The predicted molar refractivity (Wildman–Crippen MR) is 95.2 cm³/mol. The molecule has 0 saturated carbocycles. The maximum absolute atomic E-state index is 11.7. The van der Waals surface area contributed by atoms with Gasteiger partial charge in [-0.25, -0.2) is 9.59 Å². The SMILES string of the molecule is CC(C)(C)OC(=O)N=C(COc1ccc2cnccc2c1[N+](=O)[O-])C(=O)O. The Bertz CT molecular complexity index is 932. The second kappa shape index (κ2) is 7.77. The fraction of sp³-hybridized carbons (Fsp3) is 0.294. The van der Waals surface area contributed by atoms with Crippen LogP contribution in [0.25, 0.3) is 10.8 Å². The van der Waals surface area contributed by atoms with Gasteiger partial charge in [0.25, 0.3) is 0 Å². The number of nitro benzene ring substituents is 1. The summed E-state index contributed by atoms with van der Waals surface area (Å²) >= 11 is 0. The molecule has 0 bridgehead atoms. The molecule has 1 N–H and O–H groups in total. The number of carboxylic acid groups (broad SMARTS) is 1. The molecule has 0 unspecified atom stereocenters. The number of rotatable bonds is 5. The highest BCUT2D eigenvalue weighted by Crippen LogP contribution is 2.34. The number of benzene rings is 1. The molecule has 1 heterocycles. The van der Waals surface area contributed by atoms with Gasteiger partial charge in [-0.05, 0) is 39.0 Å². The number of aliphatic carboxylic acids is 1. The highest BCUT2D eigenvalue weighted by molar-refractivity contribution is 6.37. The zero-order valence-corrected chi connectivity index (χ0v) is 14.8. The van der Waals surface area contributed by atoms with Crippen LogP contribution in [0.2, 0.25) is 0 Å². The molecule has 1 aromatic carbocycles. The number of aliphatic imine (C=N–C) groups is 1. The zero-order valence-electron chi connectivity index (χ0n) is 14.8. The van der Waals surface area contributed by atoms with E-state index in [4.69, 9.17) is 9.47 Å². The number of hydrogen-bond donors (Lipinski definition) is 1. The van der Waals surface area contributed by atoms with Crippen molar-refractivity contribution in [3.63, 3.8) is 0 Å². The van der Waals surface area contributed by atoms with Crippen molar-refractivity contribution in [3.05, 3.63) is 40.7 Å². The lowest BCUT2D eigenvalue weighted by molar-refractivity contribution is -0.384. The number of ether oxygens (including phenoxy) is 2. The number of carbonyl (C=O) groups excluding carboxylic acids is 1. The lowest BCUT2D eigenvalue weighted by Crippen LogP contribution is -2.26. The molecular weight excluding hydrogens is 358 g/mol. The van der Waals surface area contributed by atoms with Gasteiger partial charge in [-0.3, -0.25) is 15.1 Å². The van der Waals surface area contributed by atoms with Crippen molar-refractivity contribution in [2.24, 2.45) is 4.99 Å². The number of nitrogens with zero attached hydrogens (tertiary/aromatic N) is 3. The fourth-order valence-corrected chi connectivity index (χ4v) is 2.12. The van der Waals surface area contributed by atoms with Gasteiger partial charge in [-0.2, -0.15) is 4.99 Å². The molecule has 10 heteroatoms. The van der Waals surface area contributed by atoms with Crippen LogP contribution < -0.4 is 4.74 Å². The first kappa shape index (κ1) is 19.8. The molecule has 2 aromatic rings. The second-order valence-corrected chi connectivity index (χ2v) is 6.40. The lowest BCUT2D eigenvalue weighted by Gasteiger charge is -2.17. The summed E-state index contributed by atoms with van der Waals surface area (Å²) in [4.78, 5) is 41.0. The highest BCUT2D eigenvalue weighted by Gasteiger charge is 2.23. The number of amides is 1. The Morgan fingerprint density at radius 2 is 2.00 bits per heavy atom. The molecule has 0 spiro atoms. The number of aromatic nitrogens is 1. The summed E-state index contributed by atoms with van der Waals surface area (Å²) in [7, 11) is 0. The first-order valence-electron chi connectivity index (χ1n) is 7.76. The van der Waals surface area contributed by atoms with Crippen LogP contribution in [0.1, 0.15) is 20.8 Å². The number of pyridine rings is 1. The maximum Gasteiger partial charge on any atom is 0.434 e. The van der Waals surface area contributed by atoms with Gasteiger partial charge in [0.1, 0.15) is 12.2 Å². The molecule has 0 atom stereocenters. The van der Waals surface area contributed by atoms with Crippen LogP contribution in [0.15, 0.2) is 35.6 Å². The van der Waals surface area contributed by atoms with Crippen molar-refractivity contribution in [2.75, 3.05) is 6.61 Å². The van der Waals surface area contributed by atoms with Gasteiger partial charge in [0.05, 0.1) is 10.3 Å². The van der Waals surface area contributed by atoms with Crippen LogP contribution in [-0.4, -0.2) is 45.0 Å². The minimum Gasteiger partial charge on any atom is -0.480 e. The number of fused-ring (bicyclic) bond motifs is 1. The van der Waals surface area contributed by atoms with Crippen LogP contribution in [-0.2, 0) is 9.53 Å². The summed E-state index contributed by atoms with van der Waals surface area (Å²) in [5, 5.41) is 21.4. The standard InChI is InChI=1S/C17H17N3O7/c1-17(2,3)27-16(23)19-12(15(21)22)9-26-13-5-4-10-8-18-7-6-11(10)14(13)20(24)25/h4-8H,9H2,1-3H3,(H,21,22). The van der Waals surface area contributed by atoms with E-state index in [1.165, 1.54) is 24.5 Å². The Balaban J connectivity index is 2.30. The van der Waals surface area contributed by atoms with E-state index in [1.807, 2.05) is 0 Å². The summed E-state index contributed by atoms with van der Waals surface area (Å²) in [5.41, 5.74) is -1.83. The van der Waals surface area contributed by atoms with Gasteiger partial charge in [-0.1, -0.05) is 0 Å². The van der Waals surface area contributed by atoms with E-state index < -0.39 is 34.9 Å². The van der Waals surface area contributed by atoms with Crippen LogP contribution in [0.5, 0.6) is 5.75 Å². The third-order valence-electron chi connectivity index (χ3n) is 3.17. The van der Waals surface area contributed by atoms with Crippen molar-refractivity contribution < 1.29 is 29.1 Å². The zero-order chi connectivity index (χ0) is 20.2. The number of nitro groups is 1. The predicted octanol–water partition coefficient (Wildman–Crippen LogP) is 2.98. The molecule has 142 valence electrons. The van der Waals surface area contributed by atoms with Gasteiger partial charge in [0, 0.05) is 17.8 Å². The average Bonchev–Trinajstić information content (AvgIpc) is 2.55. The van der Waals surface area contributed by atoms with Gasteiger partial charge >= 0.3 is 17.7 Å². The third-order valence-corrected chi connectivity index (χ3v) is 3.17. The summed E-state index contributed by atoms with van der Waals surface area (Å²) in [6.07, 6.45) is 1.76. The molecule has 2 rings (SSSR count). The average molecular weight is 375 g/mol. The molecular formula is C17H17N3O7. The monoisotopic (exact) mass is 375 g/mol. The van der Waals surface area contributed by atoms with E-state index in [9.17, 15) is 24.8 Å². The van der Waals surface area contributed by atoms with Crippen molar-refractivity contribution in [1.29, 1.82) is 0 Å². The Kier molecular flexibility index (Phi) is 5.69. The van der Waals surface area contributed by atoms with E-state index in [0.717, 1.165) is 0 Å². The Morgan fingerprint density at radius 1 is 1.30 bits per heavy atom. The van der Waals surface area contributed by atoms with Crippen molar-refractivity contribution >= 4 is 34.2 Å². The van der Waals surface area contributed by atoms with Crippen molar-refractivity contribution in [3.8, 4) is 5.75 Å². The summed E-state index contributed by atoms with van der Waals surface area (Å²) in [6, 6.07) is 4.33. The van der Waals surface area contributed by atoms with Crippen molar-refractivity contribution in [1.82, 2.24) is 4.98 Å².